The van der Waals surface area contributed by atoms with Crippen LogP contribution < -0.4 is 5.73 Å². The van der Waals surface area contributed by atoms with E-state index in [0.29, 0.717) is 11.5 Å². The van der Waals surface area contributed by atoms with Gasteiger partial charge in [0.25, 0.3) is 0 Å². The van der Waals surface area contributed by atoms with E-state index in [0.717, 1.165) is 17.8 Å². The maximum absolute atomic E-state index is 6.01. The van der Waals surface area contributed by atoms with Gasteiger partial charge in [-0.15, -0.1) is 0 Å². The largest absolute Gasteiger partial charge is 0.328 e. The minimum absolute atomic E-state index is 0.371. The molecule has 0 saturated heterocycles. The first kappa shape index (κ1) is 11.0. The highest BCUT2D eigenvalue weighted by Gasteiger charge is 2.55. The zero-order valence-corrected chi connectivity index (χ0v) is 9.80. The van der Waals surface area contributed by atoms with E-state index in [2.05, 4.69) is 34.6 Å². The Hall–Kier alpha value is -0.0400. The van der Waals surface area contributed by atoms with Gasteiger partial charge in [0.05, 0.1) is 0 Å². The van der Waals surface area contributed by atoms with E-state index in [4.69, 9.17) is 5.73 Å². The second kappa shape index (κ2) is 3.61. The maximum atomic E-state index is 6.01. The van der Waals surface area contributed by atoms with Gasteiger partial charge in [0, 0.05) is 6.04 Å². The first-order valence-electron chi connectivity index (χ1n) is 5.69. The van der Waals surface area contributed by atoms with Crippen LogP contribution in [0.1, 0.15) is 47.5 Å². The minimum Gasteiger partial charge on any atom is -0.328 e. The molecule has 1 fully saturated rings. The van der Waals surface area contributed by atoms with Crippen molar-refractivity contribution >= 4 is 0 Å². The monoisotopic (exact) mass is 183 g/mol. The summed E-state index contributed by atoms with van der Waals surface area (Å²) in [7, 11) is 0. The van der Waals surface area contributed by atoms with Gasteiger partial charge < -0.3 is 5.73 Å². The molecule has 0 bridgehead atoms. The molecule has 0 spiro atoms. The normalized spacial score (nSPS) is 37.6. The van der Waals surface area contributed by atoms with Crippen molar-refractivity contribution in [1.29, 1.82) is 0 Å². The second-order valence-electron chi connectivity index (χ2n) is 5.40. The molecule has 0 radical (unpaired) electrons. The molecule has 13 heavy (non-hydrogen) atoms. The van der Waals surface area contributed by atoms with Gasteiger partial charge in [0.2, 0.25) is 0 Å². The average molecular weight is 183 g/mol. The Morgan fingerprint density at radius 1 is 1.38 bits per heavy atom. The van der Waals surface area contributed by atoms with Crippen LogP contribution in [-0.4, -0.2) is 6.04 Å². The van der Waals surface area contributed by atoms with E-state index >= 15 is 0 Å². The van der Waals surface area contributed by atoms with Crippen molar-refractivity contribution in [2.75, 3.05) is 0 Å². The van der Waals surface area contributed by atoms with Gasteiger partial charge in [-0.3, -0.25) is 0 Å². The minimum atomic E-state index is 0.371. The number of hydrogen-bond acceptors (Lipinski definition) is 1. The van der Waals surface area contributed by atoms with Crippen LogP contribution >= 0.6 is 0 Å². The number of hydrogen-bond donors (Lipinski definition) is 1. The Bertz CT molecular complexity index is 174. The van der Waals surface area contributed by atoms with Crippen LogP contribution in [-0.2, 0) is 0 Å². The van der Waals surface area contributed by atoms with Crippen LogP contribution in [0.4, 0.5) is 0 Å². The molecule has 0 aromatic carbocycles. The summed E-state index contributed by atoms with van der Waals surface area (Å²) in [5, 5.41) is 0. The Morgan fingerprint density at radius 3 is 2.15 bits per heavy atom. The van der Waals surface area contributed by atoms with Gasteiger partial charge in [-0.2, -0.15) is 0 Å². The highest BCUT2D eigenvalue weighted by Crippen LogP contribution is 2.61. The molecule has 0 aromatic heterocycles. The molecule has 0 aliphatic heterocycles. The molecule has 1 saturated carbocycles. The van der Waals surface area contributed by atoms with Crippen LogP contribution in [0.3, 0.4) is 0 Å². The standard InChI is InChI=1S/C12H25N/c1-6-10(9(4)13)11-7-12(11,5)8(2)3/h8-11H,6-7,13H2,1-5H3. The van der Waals surface area contributed by atoms with Crippen molar-refractivity contribution < 1.29 is 0 Å². The maximum Gasteiger partial charge on any atom is 0.00415 e. The summed E-state index contributed by atoms with van der Waals surface area (Å²) in [5.74, 6) is 2.44. The first-order valence-corrected chi connectivity index (χ1v) is 5.69. The fourth-order valence-electron chi connectivity index (χ4n) is 2.74. The zero-order chi connectivity index (χ0) is 10.2. The quantitative estimate of drug-likeness (QED) is 0.712. The summed E-state index contributed by atoms with van der Waals surface area (Å²) in [5.41, 5.74) is 6.60. The van der Waals surface area contributed by atoms with Gasteiger partial charge in [-0.1, -0.05) is 34.1 Å². The average Bonchev–Trinajstić information content (AvgIpc) is 2.65. The van der Waals surface area contributed by atoms with Crippen LogP contribution in [0.2, 0.25) is 0 Å². The highest BCUT2D eigenvalue weighted by atomic mass is 14.7. The van der Waals surface area contributed by atoms with Crippen molar-refractivity contribution in [3.63, 3.8) is 0 Å². The van der Waals surface area contributed by atoms with Crippen LogP contribution in [0.25, 0.3) is 0 Å². The molecule has 78 valence electrons. The van der Waals surface area contributed by atoms with Gasteiger partial charge in [-0.05, 0) is 36.5 Å². The van der Waals surface area contributed by atoms with Crippen LogP contribution in [0, 0.1) is 23.2 Å². The lowest BCUT2D eigenvalue weighted by Gasteiger charge is -2.24. The van der Waals surface area contributed by atoms with Gasteiger partial charge >= 0.3 is 0 Å². The third-order valence-corrected chi connectivity index (χ3v) is 4.33. The Labute approximate surface area is 83.1 Å². The number of rotatable bonds is 4. The summed E-state index contributed by atoms with van der Waals surface area (Å²) in [6.07, 6.45) is 2.63. The predicted octanol–water partition coefficient (Wildman–Crippen LogP) is 3.04. The topological polar surface area (TPSA) is 26.0 Å². The van der Waals surface area contributed by atoms with Gasteiger partial charge in [0.15, 0.2) is 0 Å². The molecular formula is C12H25N. The SMILES string of the molecule is CCC(C(C)N)C1CC1(C)C(C)C. The van der Waals surface area contributed by atoms with E-state index in [1.54, 1.807) is 0 Å². The summed E-state index contributed by atoms with van der Waals surface area (Å²) in [4.78, 5) is 0. The molecule has 4 atom stereocenters. The van der Waals surface area contributed by atoms with E-state index in [1.807, 2.05) is 0 Å². The molecule has 1 aliphatic rings. The summed E-state index contributed by atoms with van der Waals surface area (Å²) >= 11 is 0. The molecule has 1 heteroatoms. The highest BCUT2D eigenvalue weighted by molar-refractivity contribution is 5.04. The van der Waals surface area contributed by atoms with Crippen molar-refractivity contribution in [2.24, 2.45) is 28.9 Å². The molecule has 0 aromatic rings. The molecule has 4 unspecified atom stereocenters. The number of nitrogens with two attached hydrogens (primary N) is 1. The third kappa shape index (κ3) is 1.90. The van der Waals surface area contributed by atoms with Gasteiger partial charge in [-0.25, -0.2) is 0 Å². The molecule has 2 N–H and O–H groups in total. The van der Waals surface area contributed by atoms with Crippen molar-refractivity contribution in [2.45, 2.75) is 53.5 Å². The van der Waals surface area contributed by atoms with E-state index < -0.39 is 0 Å². The van der Waals surface area contributed by atoms with Crippen molar-refractivity contribution in [3.05, 3.63) is 0 Å². The lowest BCUT2D eigenvalue weighted by molar-refractivity contribution is 0.274. The fraction of sp³-hybridized carbons (Fsp3) is 1.00. The smallest absolute Gasteiger partial charge is 0.00415 e. The van der Waals surface area contributed by atoms with Crippen LogP contribution in [0.15, 0.2) is 0 Å². The Kier molecular flexibility index (Phi) is 3.06. The Morgan fingerprint density at radius 2 is 1.92 bits per heavy atom. The first-order chi connectivity index (χ1) is 5.93. The second-order valence-corrected chi connectivity index (χ2v) is 5.40. The lowest BCUT2D eigenvalue weighted by atomic mass is 9.83. The summed E-state index contributed by atoms with van der Waals surface area (Å²) < 4.78 is 0. The third-order valence-electron chi connectivity index (χ3n) is 4.33. The molecule has 1 nitrogen and oxygen atoms in total. The summed E-state index contributed by atoms with van der Waals surface area (Å²) in [6, 6.07) is 0.371. The lowest BCUT2D eigenvalue weighted by Crippen LogP contribution is -2.29. The Balaban J connectivity index is 2.57. The molecule has 0 heterocycles. The fourth-order valence-corrected chi connectivity index (χ4v) is 2.74. The zero-order valence-electron chi connectivity index (χ0n) is 9.80. The van der Waals surface area contributed by atoms with E-state index in [1.165, 1.54) is 12.8 Å². The molecule has 1 rings (SSSR count). The molecule has 0 amide bonds. The van der Waals surface area contributed by atoms with E-state index in [9.17, 15) is 0 Å². The predicted molar refractivity (Wildman–Crippen MR) is 58.5 cm³/mol. The van der Waals surface area contributed by atoms with E-state index in [-0.39, 0.29) is 0 Å². The van der Waals surface area contributed by atoms with Crippen LogP contribution in [0.5, 0.6) is 0 Å². The van der Waals surface area contributed by atoms with Crippen molar-refractivity contribution in [3.8, 4) is 0 Å². The van der Waals surface area contributed by atoms with Gasteiger partial charge in [0.1, 0.15) is 0 Å². The van der Waals surface area contributed by atoms with Crippen molar-refractivity contribution in [1.82, 2.24) is 0 Å². The summed E-state index contributed by atoms with van der Waals surface area (Å²) in [6.45, 7) is 11.5. The molecular weight excluding hydrogens is 158 g/mol. The molecule has 1 aliphatic carbocycles.